The van der Waals surface area contributed by atoms with Crippen LogP contribution in [-0.2, 0) is 17.6 Å². The van der Waals surface area contributed by atoms with E-state index in [1.54, 1.807) is 19.1 Å². The van der Waals surface area contributed by atoms with E-state index in [1.165, 1.54) is 16.8 Å². The number of nitrogens with one attached hydrogen (secondary N) is 1. The number of carbonyl (C=O) groups excluding carboxylic acids is 1. The van der Waals surface area contributed by atoms with E-state index in [0.29, 0.717) is 54.9 Å². The minimum Gasteiger partial charge on any atom is -0.486 e. The number of aryl methyl sites for hydroxylation is 1. The maximum atomic E-state index is 13.2. The Hall–Kier alpha value is -3.20. The van der Waals surface area contributed by atoms with Crippen molar-refractivity contribution in [3.8, 4) is 11.5 Å². The van der Waals surface area contributed by atoms with Gasteiger partial charge in [0, 0.05) is 13.0 Å². The van der Waals surface area contributed by atoms with Crippen molar-refractivity contribution >= 4 is 17.5 Å². The van der Waals surface area contributed by atoms with Gasteiger partial charge in [-0.15, -0.1) is 5.10 Å². The molecular formula is C21H21ClFN5O3. The summed E-state index contributed by atoms with van der Waals surface area (Å²) in [6, 6.07) is 9.03. The predicted molar refractivity (Wildman–Crippen MR) is 111 cm³/mol. The summed E-state index contributed by atoms with van der Waals surface area (Å²) >= 11 is 6.28. The van der Waals surface area contributed by atoms with Crippen molar-refractivity contribution in [2.45, 2.75) is 25.8 Å². The highest BCUT2D eigenvalue weighted by Crippen LogP contribution is 2.38. The summed E-state index contributed by atoms with van der Waals surface area (Å²) < 4.78 is 25.8. The summed E-state index contributed by atoms with van der Waals surface area (Å²) in [5.74, 6) is 1.11. The summed E-state index contributed by atoms with van der Waals surface area (Å²) in [4.78, 5) is 13.0. The van der Waals surface area contributed by atoms with Crippen LogP contribution in [0.25, 0.3) is 0 Å². The number of tetrazole rings is 1. The fourth-order valence-corrected chi connectivity index (χ4v) is 3.70. The van der Waals surface area contributed by atoms with Crippen molar-refractivity contribution in [2.75, 3.05) is 19.8 Å². The lowest BCUT2D eigenvalue weighted by Crippen LogP contribution is -2.36. The van der Waals surface area contributed by atoms with Crippen LogP contribution in [0, 0.1) is 12.7 Å². The van der Waals surface area contributed by atoms with E-state index in [2.05, 4.69) is 20.8 Å². The smallest absolute Gasteiger partial charge is 0.245 e. The van der Waals surface area contributed by atoms with E-state index >= 15 is 0 Å². The van der Waals surface area contributed by atoms with Gasteiger partial charge in [0.1, 0.15) is 30.9 Å². The molecule has 0 radical (unpaired) electrons. The molecule has 2 heterocycles. The van der Waals surface area contributed by atoms with Crippen LogP contribution in [0.5, 0.6) is 11.5 Å². The molecule has 0 aliphatic carbocycles. The zero-order chi connectivity index (χ0) is 21.8. The molecule has 1 N–H and O–H groups in total. The van der Waals surface area contributed by atoms with Gasteiger partial charge in [0.2, 0.25) is 5.91 Å². The van der Waals surface area contributed by atoms with Gasteiger partial charge in [-0.3, -0.25) is 4.79 Å². The molecule has 1 atom stereocenters. The minimum atomic E-state index is -0.663. The van der Waals surface area contributed by atoms with Crippen molar-refractivity contribution < 1.29 is 18.7 Å². The van der Waals surface area contributed by atoms with Crippen LogP contribution in [0.2, 0.25) is 5.02 Å². The van der Waals surface area contributed by atoms with Crippen molar-refractivity contribution in [3.05, 3.63) is 64.2 Å². The monoisotopic (exact) mass is 445 g/mol. The molecule has 2 aromatic carbocycles. The lowest BCUT2D eigenvalue weighted by molar-refractivity contribution is -0.124. The molecule has 31 heavy (non-hydrogen) atoms. The van der Waals surface area contributed by atoms with Crippen LogP contribution in [-0.4, -0.2) is 45.9 Å². The number of aromatic nitrogens is 4. The highest BCUT2D eigenvalue weighted by atomic mass is 35.5. The number of benzene rings is 2. The van der Waals surface area contributed by atoms with Crippen LogP contribution >= 0.6 is 11.6 Å². The quantitative estimate of drug-likeness (QED) is 0.601. The Morgan fingerprint density at radius 2 is 2.00 bits per heavy atom. The number of halogens is 2. The Kier molecular flexibility index (Phi) is 6.31. The standard InChI is InChI=1S/C21H21ClFN5O3/c1-13-25-26-27-28(13)18(11-14-2-4-16(23)5-3-14)21(29)24-7-6-15-10-17(22)20-19(12-15)30-8-9-31-20/h2-5,10,12,18H,6-9,11H2,1H3,(H,24,29). The number of nitrogens with zero attached hydrogens (tertiary/aromatic N) is 4. The van der Waals surface area contributed by atoms with Crippen LogP contribution < -0.4 is 14.8 Å². The number of carbonyl (C=O) groups is 1. The Morgan fingerprint density at radius 3 is 2.74 bits per heavy atom. The summed E-state index contributed by atoms with van der Waals surface area (Å²) in [5.41, 5.74) is 1.72. The Labute approximate surface area is 183 Å². The van der Waals surface area contributed by atoms with E-state index < -0.39 is 6.04 Å². The maximum Gasteiger partial charge on any atom is 0.245 e. The molecule has 8 nitrogen and oxygen atoms in total. The summed E-state index contributed by atoms with van der Waals surface area (Å²) in [5, 5.41) is 14.9. The first-order valence-corrected chi connectivity index (χ1v) is 10.2. The number of hydrogen-bond acceptors (Lipinski definition) is 6. The van der Waals surface area contributed by atoms with Gasteiger partial charge in [-0.2, -0.15) is 0 Å². The first-order chi connectivity index (χ1) is 15.0. The molecule has 1 aromatic heterocycles. The van der Waals surface area contributed by atoms with Crippen LogP contribution in [0.3, 0.4) is 0 Å². The Balaban J connectivity index is 1.43. The topological polar surface area (TPSA) is 91.2 Å². The first-order valence-electron chi connectivity index (χ1n) is 9.86. The average Bonchev–Trinajstić information content (AvgIpc) is 3.19. The van der Waals surface area contributed by atoms with Gasteiger partial charge in [0.15, 0.2) is 11.5 Å². The third-order valence-electron chi connectivity index (χ3n) is 4.97. The molecule has 0 spiro atoms. The van der Waals surface area contributed by atoms with Gasteiger partial charge in [0.25, 0.3) is 0 Å². The van der Waals surface area contributed by atoms with Crippen LogP contribution in [0.15, 0.2) is 36.4 Å². The molecule has 10 heteroatoms. The van der Waals surface area contributed by atoms with E-state index in [-0.39, 0.29) is 11.7 Å². The molecule has 162 valence electrons. The van der Waals surface area contributed by atoms with Crippen LogP contribution in [0.1, 0.15) is 23.0 Å². The first kappa shape index (κ1) is 21.0. The molecule has 0 saturated carbocycles. The van der Waals surface area contributed by atoms with E-state index in [4.69, 9.17) is 21.1 Å². The lowest BCUT2D eigenvalue weighted by atomic mass is 10.0. The molecular weight excluding hydrogens is 425 g/mol. The van der Waals surface area contributed by atoms with Crippen molar-refractivity contribution in [1.29, 1.82) is 0 Å². The second-order valence-electron chi connectivity index (χ2n) is 7.16. The third kappa shape index (κ3) is 4.93. The summed E-state index contributed by atoms with van der Waals surface area (Å²) in [6.07, 6.45) is 0.883. The lowest BCUT2D eigenvalue weighted by Gasteiger charge is -2.20. The summed E-state index contributed by atoms with van der Waals surface area (Å²) in [7, 11) is 0. The molecule has 1 aliphatic rings. The van der Waals surface area contributed by atoms with Crippen molar-refractivity contribution in [3.63, 3.8) is 0 Å². The van der Waals surface area contributed by atoms with Gasteiger partial charge in [-0.25, -0.2) is 9.07 Å². The zero-order valence-electron chi connectivity index (χ0n) is 16.8. The molecule has 3 aromatic rings. The average molecular weight is 446 g/mol. The summed E-state index contributed by atoms with van der Waals surface area (Å²) in [6.45, 7) is 3.05. The van der Waals surface area contributed by atoms with Gasteiger partial charge in [0.05, 0.1) is 5.02 Å². The molecule has 1 aliphatic heterocycles. The van der Waals surface area contributed by atoms with E-state index in [9.17, 15) is 9.18 Å². The minimum absolute atomic E-state index is 0.233. The van der Waals surface area contributed by atoms with Gasteiger partial charge >= 0.3 is 0 Å². The van der Waals surface area contributed by atoms with Gasteiger partial charge < -0.3 is 14.8 Å². The number of fused-ring (bicyclic) bond motifs is 1. The second-order valence-corrected chi connectivity index (χ2v) is 7.57. The molecule has 0 bridgehead atoms. The largest absolute Gasteiger partial charge is 0.486 e. The molecule has 4 rings (SSSR count). The molecule has 0 fully saturated rings. The normalized spacial score (nSPS) is 13.6. The van der Waals surface area contributed by atoms with Crippen molar-refractivity contribution in [1.82, 2.24) is 25.5 Å². The molecule has 0 saturated heterocycles. The molecule has 1 amide bonds. The van der Waals surface area contributed by atoms with E-state index in [0.717, 1.165) is 11.1 Å². The number of hydrogen-bond donors (Lipinski definition) is 1. The zero-order valence-corrected chi connectivity index (χ0v) is 17.6. The Bertz CT molecular complexity index is 1070. The van der Waals surface area contributed by atoms with Crippen LogP contribution in [0.4, 0.5) is 4.39 Å². The fourth-order valence-electron chi connectivity index (χ4n) is 3.42. The van der Waals surface area contributed by atoms with Gasteiger partial charge in [-0.1, -0.05) is 23.7 Å². The third-order valence-corrected chi connectivity index (χ3v) is 5.25. The fraction of sp³-hybridized carbons (Fsp3) is 0.333. The number of amides is 1. The number of rotatable bonds is 7. The van der Waals surface area contributed by atoms with Crippen molar-refractivity contribution in [2.24, 2.45) is 0 Å². The highest BCUT2D eigenvalue weighted by molar-refractivity contribution is 6.32. The predicted octanol–water partition coefficient (Wildman–Crippen LogP) is 2.69. The Morgan fingerprint density at radius 1 is 1.23 bits per heavy atom. The molecule has 1 unspecified atom stereocenters. The van der Waals surface area contributed by atoms with E-state index in [1.807, 2.05) is 12.1 Å². The highest BCUT2D eigenvalue weighted by Gasteiger charge is 2.24. The maximum absolute atomic E-state index is 13.2. The van der Waals surface area contributed by atoms with Gasteiger partial charge in [-0.05, 0) is 59.2 Å². The number of ether oxygens (including phenoxy) is 2. The second kappa shape index (κ2) is 9.30. The SMILES string of the molecule is Cc1nnnn1C(Cc1ccc(F)cc1)C(=O)NCCc1cc(Cl)c2c(c1)OCCO2.